The second-order valence-electron chi connectivity index (χ2n) is 7.63. The molecule has 1 saturated heterocycles. The van der Waals surface area contributed by atoms with Crippen molar-refractivity contribution in [3.8, 4) is 0 Å². The summed E-state index contributed by atoms with van der Waals surface area (Å²) in [5.41, 5.74) is 4.01. The molecular weight excluding hydrogens is 396 g/mol. The van der Waals surface area contributed by atoms with Gasteiger partial charge in [0.15, 0.2) is 12.4 Å². The third-order valence-corrected chi connectivity index (χ3v) is 5.29. The summed E-state index contributed by atoms with van der Waals surface area (Å²) in [6, 6.07) is 12.4. The van der Waals surface area contributed by atoms with Crippen molar-refractivity contribution in [3.63, 3.8) is 0 Å². The molecular formula is C24H26N2O5. The van der Waals surface area contributed by atoms with Gasteiger partial charge in [-0.15, -0.1) is 0 Å². The van der Waals surface area contributed by atoms with E-state index >= 15 is 0 Å². The van der Waals surface area contributed by atoms with Crippen LogP contribution in [0.4, 0.5) is 11.4 Å². The van der Waals surface area contributed by atoms with Gasteiger partial charge in [0.2, 0.25) is 5.91 Å². The van der Waals surface area contributed by atoms with Gasteiger partial charge in [-0.2, -0.15) is 0 Å². The van der Waals surface area contributed by atoms with Crippen molar-refractivity contribution in [2.24, 2.45) is 0 Å². The summed E-state index contributed by atoms with van der Waals surface area (Å²) >= 11 is 0. The minimum Gasteiger partial charge on any atom is -0.456 e. The van der Waals surface area contributed by atoms with Crippen LogP contribution in [0.15, 0.2) is 42.5 Å². The molecule has 7 heteroatoms. The Bertz CT molecular complexity index is 998. The van der Waals surface area contributed by atoms with E-state index in [0.717, 1.165) is 23.2 Å². The molecule has 0 bridgehead atoms. The second kappa shape index (κ2) is 10.0. The molecule has 0 saturated carbocycles. The number of carbonyl (C=O) groups is 4. The van der Waals surface area contributed by atoms with Crippen molar-refractivity contribution in [3.05, 3.63) is 59.2 Å². The van der Waals surface area contributed by atoms with E-state index in [2.05, 4.69) is 5.32 Å². The fourth-order valence-corrected chi connectivity index (χ4v) is 3.34. The lowest BCUT2D eigenvalue weighted by Crippen LogP contribution is -2.24. The highest BCUT2D eigenvalue weighted by Crippen LogP contribution is 2.23. The van der Waals surface area contributed by atoms with E-state index in [1.54, 1.807) is 41.3 Å². The van der Waals surface area contributed by atoms with E-state index in [9.17, 15) is 19.2 Å². The average molecular weight is 422 g/mol. The van der Waals surface area contributed by atoms with E-state index in [-0.39, 0.29) is 24.5 Å². The number of esters is 1. The number of amides is 2. The minimum atomic E-state index is -0.602. The van der Waals surface area contributed by atoms with E-state index < -0.39 is 18.5 Å². The summed E-state index contributed by atoms with van der Waals surface area (Å²) in [6.07, 6.45) is 1.34. The molecule has 3 rings (SSSR count). The van der Waals surface area contributed by atoms with E-state index in [1.165, 1.54) is 0 Å². The second-order valence-corrected chi connectivity index (χ2v) is 7.63. The number of ether oxygens (including phenoxy) is 1. The number of hydrogen-bond donors (Lipinski definition) is 1. The Kier molecular flexibility index (Phi) is 7.18. The molecule has 0 unspecified atom stereocenters. The number of carbonyl (C=O) groups excluding carboxylic acids is 4. The SMILES string of the molecule is Cc1ccc(C(=O)CCC(=O)OCC(=O)Nc2ccc(N3CCCC3=O)cc2)cc1C. The van der Waals surface area contributed by atoms with Crippen LogP contribution in [0.25, 0.3) is 0 Å². The topological polar surface area (TPSA) is 92.8 Å². The molecule has 0 atom stereocenters. The molecule has 162 valence electrons. The molecule has 0 aromatic heterocycles. The quantitative estimate of drug-likeness (QED) is 0.519. The van der Waals surface area contributed by atoms with Crippen LogP contribution in [-0.4, -0.2) is 36.7 Å². The summed E-state index contributed by atoms with van der Waals surface area (Å²) in [4.78, 5) is 49.6. The molecule has 1 fully saturated rings. The minimum absolute atomic E-state index is 0.0274. The summed E-state index contributed by atoms with van der Waals surface area (Å²) in [6.45, 7) is 4.17. The molecule has 1 aliphatic heterocycles. The number of rotatable bonds is 8. The highest BCUT2D eigenvalue weighted by molar-refractivity contribution is 5.98. The van der Waals surface area contributed by atoms with Crippen molar-refractivity contribution in [2.45, 2.75) is 39.5 Å². The van der Waals surface area contributed by atoms with Crippen molar-refractivity contribution in [2.75, 3.05) is 23.4 Å². The maximum atomic E-state index is 12.2. The first-order valence-electron chi connectivity index (χ1n) is 10.3. The van der Waals surface area contributed by atoms with Gasteiger partial charge in [-0.1, -0.05) is 12.1 Å². The first-order chi connectivity index (χ1) is 14.8. The average Bonchev–Trinajstić information content (AvgIpc) is 3.19. The Morgan fingerprint density at radius 1 is 1.00 bits per heavy atom. The lowest BCUT2D eigenvalue weighted by molar-refractivity contribution is -0.147. The van der Waals surface area contributed by atoms with Crippen molar-refractivity contribution in [1.82, 2.24) is 0 Å². The standard InChI is InChI=1S/C24H26N2O5/c1-16-5-6-18(14-17(16)2)21(27)11-12-24(30)31-15-22(28)25-19-7-9-20(10-8-19)26-13-3-4-23(26)29/h5-10,14H,3-4,11-13,15H2,1-2H3,(H,25,28). The van der Waals surface area contributed by atoms with Gasteiger partial charge in [0.05, 0.1) is 6.42 Å². The van der Waals surface area contributed by atoms with Crippen LogP contribution in [0, 0.1) is 13.8 Å². The zero-order chi connectivity index (χ0) is 22.4. The number of ketones is 1. The Morgan fingerprint density at radius 2 is 1.74 bits per heavy atom. The van der Waals surface area contributed by atoms with Gasteiger partial charge in [-0.05, 0) is 61.7 Å². The fraction of sp³-hybridized carbons (Fsp3) is 0.333. The maximum Gasteiger partial charge on any atom is 0.306 e. The Morgan fingerprint density at radius 3 is 2.39 bits per heavy atom. The predicted octanol–water partition coefficient (Wildman–Crippen LogP) is 3.58. The van der Waals surface area contributed by atoms with Gasteiger partial charge in [0, 0.05) is 36.3 Å². The summed E-state index contributed by atoms with van der Waals surface area (Å²) in [5.74, 6) is -1.12. The lowest BCUT2D eigenvalue weighted by Gasteiger charge is -2.16. The number of anilines is 2. The van der Waals surface area contributed by atoms with E-state index in [4.69, 9.17) is 4.74 Å². The monoisotopic (exact) mass is 422 g/mol. The molecule has 7 nitrogen and oxygen atoms in total. The van der Waals surface area contributed by atoms with E-state index in [1.807, 2.05) is 19.9 Å². The maximum absolute atomic E-state index is 12.2. The van der Waals surface area contributed by atoms with Crippen LogP contribution < -0.4 is 10.2 Å². The first-order valence-corrected chi connectivity index (χ1v) is 10.3. The zero-order valence-electron chi connectivity index (χ0n) is 17.8. The van der Waals surface area contributed by atoms with Crippen LogP contribution >= 0.6 is 0 Å². The van der Waals surface area contributed by atoms with Gasteiger partial charge in [-0.25, -0.2) is 0 Å². The Labute approximate surface area is 181 Å². The fourth-order valence-electron chi connectivity index (χ4n) is 3.34. The van der Waals surface area contributed by atoms with Crippen molar-refractivity contribution in [1.29, 1.82) is 0 Å². The molecule has 1 heterocycles. The summed E-state index contributed by atoms with van der Waals surface area (Å²) in [5, 5.41) is 2.64. The Balaban J connectivity index is 1.40. The third kappa shape index (κ3) is 6.01. The molecule has 1 N–H and O–H groups in total. The van der Waals surface area contributed by atoms with Gasteiger partial charge in [-0.3, -0.25) is 19.2 Å². The normalized spacial score (nSPS) is 13.2. The number of Topliss-reactive ketones (excluding diaryl/α,β-unsaturated/α-hetero) is 1. The molecule has 2 aromatic carbocycles. The van der Waals surface area contributed by atoms with Gasteiger partial charge < -0.3 is 15.0 Å². The molecule has 0 spiro atoms. The van der Waals surface area contributed by atoms with Crippen LogP contribution in [0.1, 0.15) is 47.2 Å². The zero-order valence-corrected chi connectivity index (χ0v) is 17.8. The third-order valence-electron chi connectivity index (χ3n) is 5.29. The van der Waals surface area contributed by atoms with Gasteiger partial charge in [0.1, 0.15) is 0 Å². The van der Waals surface area contributed by atoms with Crippen molar-refractivity contribution < 1.29 is 23.9 Å². The number of aryl methyl sites for hydroxylation is 2. The number of hydrogen-bond acceptors (Lipinski definition) is 5. The molecule has 2 aromatic rings. The van der Waals surface area contributed by atoms with Crippen LogP contribution in [0.5, 0.6) is 0 Å². The molecule has 0 aliphatic carbocycles. The van der Waals surface area contributed by atoms with Gasteiger partial charge in [0.25, 0.3) is 5.91 Å². The molecule has 1 aliphatic rings. The van der Waals surface area contributed by atoms with Crippen LogP contribution in [0.2, 0.25) is 0 Å². The number of benzene rings is 2. The number of nitrogens with one attached hydrogen (secondary N) is 1. The van der Waals surface area contributed by atoms with Crippen LogP contribution in [-0.2, 0) is 19.1 Å². The lowest BCUT2D eigenvalue weighted by atomic mass is 10.0. The highest BCUT2D eigenvalue weighted by Gasteiger charge is 2.21. The molecule has 2 amide bonds. The smallest absolute Gasteiger partial charge is 0.306 e. The van der Waals surface area contributed by atoms with Crippen molar-refractivity contribution >= 4 is 34.9 Å². The largest absolute Gasteiger partial charge is 0.456 e. The van der Waals surface area contributed by atoms with Crippen LogP contribution in [0.3, 0.4) is 0 Å². The number of nitrogens with zero attached hydrogens (tertiary/aromatic N) is 1. The predicted molar refractivity (Wildman–Crippen MR) is 117 cm³/mol. The summed E-state index contributed by atoms with van der Waals surface area (Å²) < 4.78 is 4.97. The summed E-state index contributed by atoms with van der Waals surface area (Å²) in [7, 11) is 0. The highest BCUT2D eigenvalue weighted by atomic mass is 16.5. The molecule has 0 radical (unpaired) electrons. The first kappa shape index (κ1) is 22.2. The Hall–Kier alpha value is -3.48. The van der Waals surface area contributed by atoms with E-state index in [0.29, 0.717) is 24.2 Å². The molecule has 31 heavy (non-hydrogen) atoms. The van der Waals surface area contributed by atoms with Gasteiger partial charge >= 0.3 is 5.97 Å².